The highest BCUT2D eigenvalue weighted by Crippen LogP contribution is 2.28. The van der Waals surface area contributed by atoms with Gasteiger partial charge in [-0.2, -0.15) is 0 Å². The molecule has 1 saturated heterocycles. The van der Waals surface area contributed by atoms with Gasteiger partial charge in [0.15, 0.2) is 11.5 Å². The molecule has 1 aliphatic heterocycles. The molecular weight excluding hydrogens is 244 g/mol. The summed E-state index contributed by atoms with van der Waals surface area (Å²) in [7, 11) is 3.27. The Labute approximate surface area is 114 Å². The van der Waals surface area contributed by atoms with Crippen LogP contribution in [0.25, 0.3) is 0 Å². The van der Waals surface area contributed by atoms with Gasteiger partial charge >= 0.3 is 0 Å². The molecule has 1 fully saturated rings. The zero-order valence-corrected chi connectivity index (χ0v) is 11.6. The number of ether oxygens (including phenoxy) is 3. The van der Waals surface area contributed by atoms with Crippen LogP contribution in [0, 0.1) is 5.92 Å². The second-order valence-corrected chi connectivity index (χ2v) is 4.71. The van der Waals surface area contributed by atoms with Crippen molar-refractivity contribution >= 4 is 0 Å². The molecule has 0 amide bonds. The Bertz CT molecular complexity index is 392. The molecule has 1 N–H and O–H groups in total. The van der Waals surface area contributed by atoms with Crippen LogP contribution in [0.4, 0.5) is 0 Å². The normalized spacial score (nSPS) is 19.2. The summed E-state index contributed by atoms with van der Waals surface area (Å²) in [6.07, 6.45) is 4.13. The Morgan fingerprint density at radius 3 is 3.00 bits per heavy atom. The van der Waals surface area contributed by atoms with E-state index in [1.54, 1.807) is 26.5 Å². The molecule has 0 aliphatic carbocycles. The van der Waals surface area contributed by atoms with Gasteiger partial charge < -0.3 is 19.5 Å². The number of rotatable bonds is 6. The van der Waals surface area contributed by atoms with Gasteiger partial charge in [-0.05, 0) is 18.8 Å². The van der Waals surface area contributed by atoms with E-state index in [9.17, 15) is 0 Å². The fraction of sp³-hybridized carbons (Fsp3) is 0.643. The molecule has 19 heavy (non-hydrogen) atoms. The van der Waals surface area contributed by atoms with E-state index in [2.05, 4.69) is 10.3 Å². The minimum Gasteiger partial charge on any atom is -0.493 e. The van der Waals surface area contributed by atoms with Gasteiger partial charge in [-0.15, -0.1) is 0 Å². The third kappa shape index (κ3) is 3.81. The summed E-state index contributed by atoms with van der Waals surface area (Å²) < 4.78 is 16.1. The number of hydrogen-bond donors (Lipinski definition) is 1. The highest BCUT2D eigenvalue weighted by Gasteiger charge is 2.15. The van der Waals surface area contributed by atoms with E-state index in [-0.39, 0.29) is 0 Å². The summed E-state index contributed by atoms with van der Waals surface area (Å²) in [4.78, 5) is 4.34. The van der Waals surface area contributed by atoms with Gasteiger partial charge in [0.25, 0.3) is 0 Å². The topological polar surface area (TPSA) is 52.6 Å². The first-order valence-corrected chi connectivity index (χ1v) is 6.69. The number of methoxy groups -OCH3 is 2. The molecule has 0 spiro atoms. The van der Waals surface area contributed by atoms with Crippen LogP contribution in [0.15, 0.2) is 12.3 Å². The van der Waals surface area contributed by atoms with Gasteiger partial charge in [-0.25, -0.2) is 0 Å². The molecule has 2 rings (SSSR count). The molecule has 106 valence electrons. The lowest BCUT2D eigenvalue weighted by atomic mass is 10.0. The number of nitrogens with one attached hydrogen (secondary N) is 1. The predicted molar refractivity (Wildman–Crippen MR) is 72.6 cm³/mol. The molecule has 5 heteroatoms. The third-order valence-corrected chi connectivity index (χ3v) is 3.35. The molecular formula is C14H22N2O3. The largest absolute Gasteiger partial charge is 0.493 e. The Morgan fingerprint density at radius 2 is 2.32 bits per heavy atom. The second-order valence-electron chi connectivity index (χ2n) is 4.71. The van der Waals surface area contributed by atoms with Crippen molar-refractivity contribution in [3.63, 3.8) is 0 Å². The quantitative estimate of drug-likeness (QED) is 0.848. The molecule has 0 radical (unpaired) electrons. The SMILES string of the molecule is COc1ccnc(CNCC2CCCOC2)c1OC. The summed E-state index contributed by atoms with van der Waals surface area (Å²) in [6.45, 7) is 3.39. The van der Waals surface area contributed by atoms with Crippen LogP contribution in [0.1, 0.15) is 18.5 Å². The lowest BCUT2D eigenvalue weighted by Gasteiger charge is -2.22. The van der Waals surface area contributed by atoms with E-state index in [0.717, 1.165) is 37.6 Å². The van der Waals surface area contributed by atoms with Crippen molar-refractivity contribution in [2.45, 2.75) is 19.4 Å². The standard InChI is InChI=1S/C14H22N2O3/c1-17-13-5-6-16-12(14(13)18-2)9-15-8-11-4-3-7-19-10-11/h5-6,11,15H,3-4,7-10H2,1-2H3. The van der Waals surface area contributed by atoms with E-state index in [4.69, 9.17) is 14.2 Å². The van der Waals surface area contributed by atoms with Crippen molar-refractivity contribution in [2.75, 3.05) is 34.0 Å². The van der Waals surface area contributed by atoms with Crippen molar-refractivity contribution in [1.82, 2.24) is 10.3 Å². The minimum atomic E-state index is 0.602. The van der Waals surface area contributed by atoms with E-state index in [0.29, 0.717) is 18.2 Å². The van der Waals surface area contributed by atoms with Gasteiger partial charge in [-0.1, -0.05) is 0 Å². The Hall–Kier alpha value is -1.33. The first-order valence-electron chi connectivity index (χ1n) is 6.69. The molecule has 0 aromatic carbocycles. The zero-order valence-electron chi connectivity index (χ0n) is 11.6. The van der Waals surface area contributed by atoms with Crippen LogP contribution in [0.2, 0.25) is 0 Å². The van der Waals surface area contributed by atoms with E-state index >= 15 is 0 Å². The fourth-order valence-corrected chi connectivity index (χ4v) is 2.34. The van der Waals surface area contributed by atoms with E-state index in [1.807, 2.05) is 0 Å². The van der Waals surface area contributed by atoms with Crippen molar-refractivity contribution in [1.29, 1.82) is 0 Å². The summed E-state index contributed by atoms with van der Waals surface area (Å²) in [5.74, 6) is 2.03. The predicted octanol–water partition coefficient (Wildman–Crippen LogP) is 1.61. The van der Waals surface area contributed by atoms with Gasteiger partial charge in [0.1, 0.15) is 0 Å². The number of pyridine rings is 1. The summed E-state index contributed by atoms with van der Waals surface area (Å²) in [5.41, 5.74) is 0.874. The smallest absolute Gasteiger partial charge is 0.183 e. The maximum Gasteiger partial charge on any atom is 0.183 e. The van der Waals surface area contributed by atoms with E-state index in [1.165, 1.54) is 6.42 Å². The average molecular weight is 266 g/mol. The van der Waals surface area contributed by atoms with Crippen LogP contribution < -0.4 is 14.8 Å². The summed E-state index contributed by atoms with van der Waals surface area (Å²) in [6, 6.07) is 1.80. The van der Waals surface area contributed by atoms with Crippen molar-refractivity contribution in [2.24, 2.45) is 5.92 Å². The molecule has 1 aromatic heterocycles. The van der Waals surface area contributed by atoms with Gasteiger partial charge in [0.05, 0.1) is 26.5 Å². The highest BCUT2D eigenvalue weighted by molar-refractivity contribution is 5.42. The van der Waals surface area contributed by atoms with Gasteiger partial charge in [-0.3, -0.25) is 4.98 Å². The molecule has 1 aromatic rings. The van der Waals surface area contributed by atoms with Gasteiger partial charge in [0, 0.05) is 32.0 Å². The lowest BCUT2D eigenvalue weighted by Crippen LogP contribution is -2.29. The Morgan fingerprint density at radius 1 is 1.42 bits per heavy atom. The fourth-order valence-electron chi connectivity index (χ4n) is 2.34. The monoisotopic (exact) mass is 266 g/mol. The molecule has 1 atom stereocenters. The molecule has 1 aliphatic rings. The van der Waals surface area contributed by atoms with Crippen LogP contribution in [-0.4, -0.2) is 39.0 Å². The minimum absolute atomic E-state index is 0.602. The molecule has 0 saturated carbocycles. The van der Waals surface area contributed by atoms with Gasteiger partial charge in [0.2, 0.25) is 0 Å². The lowest BCUT2D eigenvalue weighted by molar-refractivity contribution is 0.0547. The molecule has 0 bridgehead atoms. The van der Waals surface area contributed by atoms with Crippen molar-refractivity contribution < 1.29 is 14.2 Å². The second kappa shape index (κ2) is 7.31. The average Bonchev–Trinajstić information content (AvgIpc) is 2.48. The first-order chi connectivity index (χ1) is 9.35. The number of aromatic nitrogens is 1. The summed E-state index contributed by atoms with van der Waals surface area (Å²) >= 11 is 0. The highest BCUT2D eigenvalue weighted by atomic mass is 16.5. The van der Waals surface area contributed by atoms with Crippen LogP contribution in [0.3, 0.4) is 0 Å². The van der Waals surface area contributed by atoms with E-state index < -0.39 is 0 Å². The number of nitrogens with zero attached hydrogens (tertiary/aromatic N) is 1. The molecule has 2 heterocycles. The van der Waals surface area contributed by atoms with Crippen molar-refractivity contribution in [3.8, 4) is 11.5 Å². The third-order valence-electron chi connectivity index (χ3n) is 3.35. The Kier molecular flexibility index (Phi) is 5.42. The molecule has 1 unspecified atom stereocenters. The van der Waals surface area contributed by atoms with Crippen molar-refractivity contribution in [3.05, 3.63) is 18.0 Å². The summed E-state index contributed by atoms with van der Waals surface area (Å²) in [5, 5.41) is 3.42. The first kappa shape index (κ1) is 14.1. The van der Waals surface area contributed by atoms with Crippen LogP contribution in [0.5, 0.6) is 11.5 Å². The number of hydrogen-bond acceptors (Lipinski definition) is 5. The van der Waals surface area contributed by atoms with Crippen LogP contribution >= 0.6 is 0 Å². The Balaban J connectivity index is 1.88. The maximum absolute atomic E-state index is 5.47. The maximum atomic E-state index is 5.47. The van der Waals surface area contributed by atoms with Crippen LogP contribution in [-0.2, 0) is 11.3 Å². The molecule has 5 nitrogen and oxygen atoms in total. The zero-order chi connectivity index (χ0) is 13.5.